The first-order chi connectivity index (χ1) is 9.10. The third-order valence-electron chi connectivity index (χ3n) is 3.00. The minimum atomic E-state index is -0.0606. The van der Waals surface area contributed by atoms with Gasteiger partial charge < -0.3 is 5.73 Å². The van der Waals surface area contributed by atoms with E-state index in [0.29, 0.717) is 16.5 Å². The molecule has 0 saturated carbocycles. The summed E-state index contributed by atoms with van der Waals surface area (Å²) in [6.07, 6.45) is 2.76. The molecule has 0 radical (unpaired) electrons. The minimum Gasteiger partial charge on any atom is -0.324 e. The van der Waals surface area contributed by atoms with E-state index in [2.05, 4.69) is 30.5 Å². The molecule has 0 saturated heterocycles. The number of nitrogens with two attached hydrogens (primary N) is 1. The third-order valence-corrected chi connectivity index (χ3v) is 4.33. The average molecular weight is 312 g/mol. The summed E-state index contributed by atoms with van der Waals surface area (Å²) in [7, 11) is 0. The number of benzene rings is 2. The molecule has 2 rings (SSSR count). The average Bonchev–Trinajstić information content (AvgIpc) is 2.42. The highest BCUT2D eigenvalue weighted by Gasteiger charge is 2.10. The van der Waals surface area contributed by atoms with Crippen molar-refractivity contribution < 1.29 is 0 Å². The molecule has 2 aromatic rings. The first-order valence-electron chi connectivity index (χ1n) is 5.93. The van der Waals surface area contributed by atoms with Gasteiger partial charge >= 0.3 is 0 Å². The quantitative estimate of drug-likeness (QED) is 0.808. The van der Waals surface area contributed by atoms with Gasteiger partial charge in [-0.1, -0.05) is 41.4 Å². The van der Waals surface area contributed by atoms with Crippen LogP contribution in [-0.4, -0.2) is 6.26 Å². The first-order valence-corrected chi connectivity index (χ1v) is 7.91. The predicted molar refractivity (Wildman–Crippen MR) is 85.3 cm³/mol. The summed E-state index contributed by atoms with van der Waals surface area (Å²) in [6.45, 7) is 0. The van der Waals surface area contributed by atoms with E-state index >= 15 is 0 Å². The molecule has 1 nitrogen and oxygen atoms in total. The van der Waals surface area contributed by atoms with Crippen molar-refractivity contribution in [1.82, 2.24) is 0 Å². The molecule has 4 heteroatoms. The van der Waals surface area contributed by atoms with Crippen molar-refractivity contribution in [2.24, 2.45) is 5.73 Å². The molecule has 1 atom stereocenters. The Morgan fingerprint density at radius 3 is 2.37 bits per heavy atom. The molecule has 1 unspecified atom stereocenters. The zero-order valence-corrected chi connectivity index (χ0v) is 12.9. The second-order valence-corrected chi connectivity index (χ2v) is 6.04. The summed E-state index contributed by atoms with van der Waals surface area (Å²) in [6, 6.07) is 13.8. The molecule has 0 amide bonds. The first kappa shape index (κ1) is 14.7. The van der Waals surface area contributed by atoms with E-state index in [1.54, 1.807) is 17.8 Å². The number of thioether (sulfide) groups is 1. The lowest BCUT2D eigenvalue weighted by Gasteiger charge is -2.14. The van der Waals surface area contributed by atoms with Gasteiger partial charge in [-0.3, -0.25) is 0 Å². The van der Waals surface area contributed by atoms with Gasteiger partial charge in [-0.05, 0) is 48.1 Å². The molecule has 2 aromatic carbocycles. The van der Waals surface area contributed by atoms with Crippen molar-refractivity contribution in [1.29, 1.82) is 0 Å². The van der Waals surface area contributed by atoms with Crippen molar-refractivity contribution in [3.05, 3.63) is 63.6 Å². The highest BCUT2D eigenvalue weighted by Crippen LogP contribution is 2.26. The Hall–Kier alpha value is -0.670. The second-order valence-electron chi connectivity index (χ2n) is 4.32. The molecule has 2 N–H and O–H groups in total. The van der Waals surface area contributed by atoms with Crippen molar-refractivity contribution in [3.8, 4) is 0 Å². The van der Waals surface area contributed by atoms with Crippen LogP contribution < -0.4 is 5.73 Å². The Morgan fingerprint density at radius 2 is 1.79 bits per heavy atom. The van der Waals surface area contributed by atoms with Gasteiger partial charge in [0.2, 0.25) is 0 Å². The van der Waals surface area contributed by atoms with Crippen molar-refractivity contribution in [2.45, 2.75) is 17.4 Å². The zero-order chi connectivity index (χ0) is 13.8. The lowest BCUT2D eigenvalue weighted by Crippen LogP contribution is -2.13. The van der Waals surface area contributed by atoms with Gasteiger partial charge in [-0.15, -0.1) is 11.8 Å². The minimum absolute atomic E-state index is 0.0606. The lowest BCUT2D eigenvalue weighted by molar-refractivity contribution is 0.721. The van der Waals surface area contributed by atoms with Gasteiger partial charge in [0.05, 0.1) is 0 Å². The van der Waals surface area contributed by atoms with E-state index in [-0.39, 0.29) is 6.04 Å². The Kier molecular flexibility index (Phi) is 5.17. The molecule has 0 aliphatic heterocycles. The maximum Gasteiger partial charge on any atom is 0.0453 e. The number of rotatable bonds is 4. The SMILES string of the molecule is CSc1ccc(C(N)Cc2ccc(Cl)cc2Cl)cc1. The highest BCUT2D eigenvalue weighted by molar-refractivity contribution is 7.98. The van der Waals surface area contributed by atoms with E-state index < -0.39 is 0 Å². The van der Waals surface area contributed by atoms with Gasteiger partial charge in [-0.2, -0.15) is 0 Å². The Bertz CT molecular complexity index is 555. The fourth-order valence-electron chi connectivity index (χ4n) is 1.89. The van der Waals surface area contributed by atoms with E-state index in [1.807, 2.05) is 12.1 Å². The van der Waals surface area contributed by atoms with Gasteiger partial charge in [0.25, 0.3) is 0 Å². The predicted octanol–water partition coefficient (Wildman–Crippen LogP) is 4.96. The molecule has 0 aliphatic carbocycles. The monoisotopic (exact) mass is 311 g/mol. The maximum atomic E-state index is 6.23. The van der Waals surface area contributed by atoms with Crippen LogP contribution in [0.1, 0.15) is 17.2 Å². The van der Waals surface area contributed by atoms with Crippen LogP contribution in [0, 0.1) is 0 Å². The van der Waals surface area contributed by atoms with E-state index in [4.69, 9.17) is 28.9 Å². The summed E-state index contributed by atoms with van der Waals surface area (Å²) in [4.78, 5) is 1.24. The lowest BCUT2D eigenvalue weighted by atomic mass is 10.00. The van der Waals surface area contributed by atoms with Gasteiger partial charge in [0, 0.05) is 21.0 Å². The maximum absolute atomic E-state index is 6.23. The second kappa shape index (κ2) is 6.67. The topological polar surface area (TPSA) is 26.0 Å². The van der Waals surface area contributed by atoms with Gasteiger partial charge in [0.1, 0.15) is 0 Å². The molecule has 0 spiro atoms. The largest absolute Gasteiger partial charge is 0.324 e. The standard InChI is InChI=1S/C15H15Cl2NS/c1-19-13-6-3-10(4-7-13)15(18)8-11-2-5-12(16)9-14(11)17/h2-7,9,15H,8,18H2,1H3. The summed E-state index contributed by atoms with van der Waals surface area (Å²) < 4.78 is 0. The van der Waals surface area contributed by atoms with Crippen LogP contribution >= 0.6 is 35.0 Å². The van der Waals surface area contributed by atoms with Crippen LogP contribution in [0.5, 0.6) is 0 Å². The van der Waals surface area contributed by atoms with Crippen LogP contribution in [0.4, 0.5) is 0 Å². The number of halogens is 2. The normalized spacial score (nSPS) is 12.4. The Labute approximate surface area is 128 Å². The fourth-order valence-corrected chi connectivity index (χ4v) is 2.79. The van der Waals surface area contributed by atoms with Crippen molar-refractivity contribution in [3.63, 3.8) is 0 Å². The van der Waals surface area contributed by atoms with Crippen LogP contribution in [0.25, 0.3) is 0 Å². The van der Waals surface area contributed by atoms with Crippen LogP contribution in [-0.2, 0) is 6.42 Å². The summed E-state index contributed by atoms with van der Waals surface area (Å²) in [5.41, 5.74) is 8.36. The number of hydrogen-bond donors (Lipinski definition) is 1. The van der Waals surface area contributed by atoms with Crippen LogP contribution in [0.3, 0.4) is 0 Å². The molecule has 19 heavy (non-hydrogen) atoms. The van der Waals surface area contributed by atoms with Crippen molar-refractivity contribution >= 4 is 35.0 Å². The van der Waals surface area contributed by atoms with Gasteiger partial charge in [0.15, 0.2) is 0 Å². The Balaban J connectivity index is 2.13. The molecule has 0 fully saturated rings. The molecule has 0 aromatic heterocycles. The summed E-state index contributed by atoms with van der Waals surface area (Å²) >= 11 is 13.8. The van der Waals surface area contributed by atoms with Crippen LogP contribution in [0.15, 0.2) is 47.4 Å². The van der Waals surface area contributed by atoms with Crippen LogP contribution in [0.2, 0.25) is 10.0 Å². The zero-order valence-electron chi connectivity index (χ0n) is 10.6. The molecular formula is C15H15Cl2NS. The smallest absolute Gasteiger partial charge is 0.0453 e. The molecule has 0 heterocycles. The van der Waals surface area contributed by atoms with E-state index in [9.17, 15) is 0 Å². The molecule has 0 bridgehead atoms. The third kappa shape index (κ3) is 3.90. The van der Waals surface area contributed by atoms with Crippen molar-refractivity contribution in [2.75, 3.05) is 6.26 Å². The number of hydrogen-bond acceptors (Lipinski definition) is 2. The molecule has 100 valence electrons. The highest BCUT2D eigenvalue weighted by atomic mass is 35.5. The van der Waals surface area contributed by atoms with E-state index in [0.717, 1.165) is 11.1 Å². The summed E-state index contributed by atoms with van der Waals surface area (Å²) in [5, 5.41) is 1.32. The Morgan fingerprint density at radius 1 is 1.11 bits per heavy atom. The fraction of sp³-hybridized carbons (Fsp3) is 0.200. The molecular weight excluding hydrogens is 297 g/mol. The van der Waals surface area contributed by atoms with E-state index in [1.165, 1.54) is 4.90 Å². The summed E-state index contributed by atoms with van der Waals surface area (Å²) in [5.74, 6) is 0. The van der Waals surface area contributed by atoms with Gasteiger partial charge in [-0.25, -0.2) is 0 Å². The molecule has 0 aliphatic rings.